The van der Waals surface area contributed by atoms with E-state index in [4.69, 9.17) is 25.8 Å². The molecule has 0 aromatic heterocycles. The van der Waals surface area contributed by atoms with Gasteiger partial charge in [-0.15, -0.1) is 0 Å². The van der Waals surface area contributed by atoms with Crippen LogP contribution in [-0.4, -0.2) is 77.2 Å². The van der Waals surface area contributed by atoms with Gasteiger partial charge in [-0.3, -0.25) is 0 Å². The third-order valence-corrected chi connectivity index (χ3v) is 7.15. The molecule has 0 saturated carbocycles. The monoisotopic (exact) mass is 483 g/mol. The fraction of sp³-hybridized carbons (Fsp3) is 0.381. The highest BCUT2D eigenvalue weighted by Gasteiger charge is 2.32. The Hall–Kier alpha value is -2.69. The summed E-state index contributed by atoms with van der Waals surface area (Å²) >= 11 is 5.83. The lowest BCUT2D eigenvalue weighted by molar-refractivity contribution is 0.170. The predicted octanol–water partition coefficient (Wildman–Crippen LogP) is 2.45. The van der Waals surface area contributed by atoms with Crippen molar-refractivity contribution in [1.29, 1.82) is 0 Å². The Morgan fingerprint density at radius 1 is 1.00 bits per heavy atom. The first kappa shape index (κ1) is 24.0. The third kappa shape index (κ3) is 5.76. The first-order valence-electron chi connectivity index (χ1n) is 9.98. The number of methoxy groups -OCH3 is 2. The number of urea groups is 1. The van der Waals surface area contributed by atoms with Crippen molar-refractivity contribution in [3.05, 3.63) is 47.5 Å². The molecule has 1 aliphatic rings. The quantitative estimate of drug-likeness (QED) is 0.579. The van der Waals surface area contributed by atoms with E-state index in [0.717, 1.165) is 0 Å². The maximum atomic E-state index is 13.1. The second-order valence-electron chi connectivity index (χ2n) is 6.94. The van der Waals surface area contributed by atoms with Crippen molar-refractivity contribution in [1.82, 2.24) is 14.5 Å². The zero-order valence-electron chi connectivity index (χ0n) is 17.9. The van der Waals surface area contributed by atoms with Gasteiger partial charge >= 0.3 is 6.03 Å². The molecular formula is C21H26ClN3O6S. The predicted molar refractivity (Wildman–Crippen MR) is 120 cm³/mol. The van der Waals surface area contributed by atoms with Gasteiger partial charge in [0.15, 0.2) is 0 Å². The van der Waals surface area contributed by atoms with Crippen LogP contribution in [-0.2, 0) is 10.0 Å². The molecule has 2 aromatic carbocycles. The number of carbonyl (C=O) groups excluding carboxylic acids is 1. The van der Waals surface area contributed by atoms with Gasteiger partial charge in [0.1, 0.15) is 28.8 Å². The highest BCUT2D eigenvalue weighted by atomic mass is 35.5. The molecule has 1 N–H and O–H groups in total. The first-order chi connectivity index (χ1) is 15.3. The Balaban J connectivity index is 1.50. The van der Waals surface area contributed by atoms with Gasteiger partial charge in [0, 0.05) is 37.3 Å². The van der Waals surface area contributed by atoms with Crippen LogP contribution in [0.5, 0.6) is 17.2 Å². The topological polar surface area (TPSA) is 97.4 Å². The molecule has 2 aromatic rings. The van der Waals surface area contributed by atoms with Crippen LogP contribution in [0.2, 0.25) is 5.02 Å². The summed E-state index contributed by atoms with van der Waals surface area (Å²) in [6.45, 7) is 1.53. The number of hydrogen-bond donors (Lipinski definition) is 1. The van der Waals surface area contributed by atoms with E-state index in [-0.39, 0.29) is 42.9 Å². The molecule has 11 heteroatoms. The first-order valence-corrected chi connectivity index (χ1v) is 11.8. The van der Waals surface area contributed by atoms with Gasteiger partial charge in [-0.1, -0.05) is 11.6 Å². The van der Waals surface area contributed by atoms with Crippen LogP contribution < -0.4 is 19.5 Å². The molecule has 2 amide bonds. The molecule has 0 atom stereocenters. The van der Waals surface area contributed by atoms with Gasteiger partial charge in [-0.2, -0.15) is 4.31 Å². The number of benzene rings is 2. The van der Waals surface area contributed by atoms with Crippen LogP contribution in [0.25, 0.3) is 0 Å². The van der Waals surface area contributed by atoms with E-state index in [0.29, 0.717) is 29.7 Å². The van der Waals surface area contributed by atoms with Crippen LogP contribution in [0.15, 0.2) is 47.4 Å². The molecule has 0 aliphatic carbocycles. The highest BCUT2D eigenvalue weighted by molar-refractivity contribution is 7.89. The minimum absolute atomic E-state index is 0.0385. The maximum Gasteiger partial charge on any atom is 0.317 e. The van der Waals surface area contributed by atoms with E-state index in [1.54, 1.807) is 41.3 Å². The molecule has 3 rings (SSSR count). The van der Waals surface area contributed by atoms with Gasteiger partial charge in [0.2, 0.25) is 10.0 Å². The minimum atomic E-state index is -3.80. The molecule has 1 saturated heterocycles. The standard InChI is InChI=1S/C21H26ClN3O6S/c1-29-18-7-8-19(30-2)20(15-18)32(27,28)25-12-10-24(11-13-25)21(26)23-9-14-31-17-5-3-16(22)4-6-17/h3-8,15H,9-14H2,1-2H3,(H,23,26). The van der Waals surface area contributed by atoms with E-state index in [9.17, 15) is 13.2 Å². The van der Waals surface area contributed by atoms with Crippen LogP contribution in [0, 0.1) is 0 Å². The van der Waals surface area contributed by atoms with E-state index >= 15 is 0 Å². The van der Waals surface area contributed by atoms with E-state index < -0.39 is 10.0 Å². The van der Waals surface area contributed by atoms with Gasteiger partial charge in [0.05, 0.1) is 20.8 Å². The number of carbonyl (C=O) groups is 1. The van der Waals surface area contributed by atoms with Gasteiger partial charge < -0.3 is 24.4 Å². The second-order valence-corrected chi connectivity index (χ2v) is 9.29. The minimum Gasteiger partial charge on any atom is -0.497 e. The highest BCUT2D eigenvalue weighted by Crippen LogP contribution is 2.31. The van der Waals surface area contributed by atoms with E-state index in [2.05, 4.69) is 5.32 Å². The van der Waals surface area contributed by atoms with Crippen molar-refractivity contribution in [3.8, 4) is 17.2 Å². The normalized spacial score (nSPS) is 14.7. The number of rotatable bonds is 8. The number of piperazine rings is 1. The van der Waals surface area contributed by atoms with Gasteiger partial charge in [-0.25, -0.2) is 13.2 Å². The Morgan fingerprint density at radius 3 is 2.28 bits per heavy atom. The number of amides is 2. The summed E-state index contributed by atoms with van der Waals surface area (Å²) in [6, 6.07) is 11.3. The molecule has 1 aliphatic heterocycles. The fourth-order valence-electron chi connectivity index (χ4n) is 3.23. The zero-order valence-corrected chi connectivity index (χ0v) is 19.5. The molecular weight excluding hydrogens is 458 g/mol. The third-order valence-electron chi connectivity index (χ3n) is 4.98. The molecule has 0 radical (unpaired) electrons. The van der Waals surface area contributed by atoms with Gasteiger partial charge in [-0.05, 0) is 36.4 Å². The average Bonchev–Trinajstić information content (AvgIpc) is 2.82. The van der Waals surface area contributed by atoms with Crippen LogP contribution in [0.3, 0.4) is 0 Å². The van der Waals surface area contributed by atoms with Crippen LogP contribution in [0.4, 0.5) is 4.79 Å². The molecule has 32 heavy (non-hydrogen) atoms. The summed E-state index contributed by atoms with van der Waals surface area (Å²) in [4.78, 5) is 14.0. The smallest absolute Gasteiger partial charge is 0.317 e. The molecule has 1 heterocycles. The number of nitrogens with one attached hydrogen (secondary N) is 1. The Kier molecular flexibility index (Phi) is 8.05. The lowest BCUT2D eigenvalue weighted by Gasteiger charge is -2.34. The van der Waals surface area contributed by atoms with Crippen LogP contribution in [0.1, 0.15) is 0 Å². The molecule has 9 nitrogen and oxygen atoms in total. The van der Waals surface area contributed by atoms with Gasteiger partial charge in [0.25, 0.3) is 0 Å². The lowest BCUT2D eigenvalue weighted by atomic mass is 10.3. The second kappa shape index (κ2) is 10.8. The average molecular weight is 484 g/mol. The largest absolute Gasteiger partial charge is 0.497 e. The van der Waals surface area contributed by atoms with Crippen molar-refractivity contribution in [3.63, 3.8) is 0 Å². The SMILES string of the molecule is COc1ccc(OC)c(S(=O)(=O)N2CCN(C(=O)NCCOc3ccc(Cl)cc3)CC2)c1. The Bertz CT molecular complexity index is 1020. The Morgan fingerprint density at radius 2 is 1.66 bits per heavy atom. The number of nitrogens with zero attached hydrogens (tertiary/aromatic N) is 2. The molecule has 1 fully saturated rings. The van der Waals surface area contributed by atoms with Crippen molar-refractivity contribution < 1.29 is 27.4 Å². The Labute approximate surface area is 192 Å². The van der Waals surface area contributed by atoms with Crippen molar-refractivity contribution in [2.24, 2.45) is 0 Å². The summed E-state index contributed by atoms with van der Waals surface area (Å²) < 4.78 is 43.5. The lowest BCUT2D eigenvalue weighted by Crippen LogP contribution is -2.53. The molecule has 0 unspecified atom stereocenters. The summed E-state index contributed by atoms with van der Waals surface area (Å²) in [5, 5.41) is 3.41. The number of halogens is 1. The summed E-state index contributed by atoms with van der Waals surface area (Å²) in [7, 11) is -0.916. The van der Waals surface area contributed by atoms with E-state index in [1.807, 2.05) is 0 Å². The van der Waals surface area contributed by atoms with Crippen molar-refractivity contribution in [2.45, 2.75) is 4.90 Å². The molecule has 0 spiro atoms. The number of sulfonamides is 1. The molecule has 174 valence electrons. The summed E-state index contributed by atoms with van der Waals surface area (Å²) in [5.74, 6) is 1.32. The number of ether oxygens (including phenoxy) is 3. The maximum absolute atomic E-state index is 13.1. The van der Waals surface area contributed by atoms with Crippen molar-refractivity contribution in [2.75, 3.05) is 53.6 Å². The molecule has 0 bridgehead atoms. The zero-order chi connectivity index (χ0) is 23.1. The fourth-order valence-corrected chi connectivity index (χ4v) is 4.94. The summed E-state index contributed by atoms with van der Waals surface area (Å²) in [6.07, 6.45) is 0. The number of hydrogen-bond acceptors (Lipinski definition) is 6. The summed E-state index contributed by atoms with van der Waals surface area (Å²) in [5.41, 5.74) is 0. The van der Waals surface area contributed by atoms with E-state index in [1.165, 1.54) is 24.6 Å². The van der Waals surface area contributed by atoms with Crippen LogP contribution >= 0.6 is 11.6 Å². The van der Waals surface area contributed by atoms with Crippen molar-refractivity contribution >= 4 is 27.7 Å².